The molecule has 0 saturated carbocycles. The van der Waals surface area contributed by atoms with Gasteiger partial charge in [0.25, 0.3) is 0 Å². The van der Waals surface area contributed by atoms with Gasteiger partial charge in [0.15, 0.2) is 0 Å². The van der Waals surface area contributed by atoms with Gasteiger partial charge in [-0.25, -0.2) is 4.39 Å². The van der Waals surface area contributed by atoms with E-state index in [0.29, 0.717) is 18.7 Å². The van der Waals surface area contributed by atoms with Crippen LogP contribution < -0.4 is 11.5 Å². The Morgan fingerprint density at radius 3 is 2.59 bits per heavy atom. The summed E-state index contributed by atoms with van der Waals surface area (Å²) in [6, 6.07) is 13.4. The van der Waals surface area contributed by atoms with Gasteiger partial charge in [0, 0.05) is 18.7 Å². The Morgan fingerprint density at radius 2 is 1.88 bits per heavy atom. The van der Waals surface area contributed by atoms with E-state index in [1.807, 2.05) is 18.2 Å². The third-order valence-electron chi connectivity index (χ3n) is 2.74. The maximum absolute atomic E-state index is 13.9. The zero-order chi connectivity index (χ0) is 12.3. The quantitative estimate of drug-likeness (QED) is 0.847. The van der Waals surface area contributed by atoms with Crippen LogP contribution in [0.4, 0.5) is 4.39 Å². The Balaban J connectivity index is 2.67. The zero-order valence-corrected chi connectivity index (χ0v) is 9.41. The topological polar surface area (TPSA) is 52.0 Å². The van der Waals surface area contributed by atoms with Gasteiger partial charge in [-0.1, -0.05) is 30.3 Å². The van der Waals surface area contributed by atoms with Crippen molar-refractivity contribution in [3.63, 3.8) is 0 Å². The van der Waals surface area contributed by atoms with E-state index in [2.05, 4.69) is 6.07 Å². The molecule has 0 amide bonds. The molecular formula is C14H14FN2. The second-order valence-electron chi connectivity index (χ2n) is 3.74. The third-order valence-corrected chi connectivity index (χ3v) is 2.74. The van der Waals surface area contributed by atoms with E-state index in [-0.39, 0.29) is 5.82 Å². The molecule has 2 aromatic rings. The van der Waals surface area contributed by atoms with Crippen LogP contribution in [0.2, 0.25) is 0 Å². The largest absolute Gasteiger partial charge is 0.326 e. The summed E-state index contributed by atoms with van der Waals surface area (Å²) in [5.74, 6) is -0.276. The van der Waals surface area contributed by atoms with Crippen molar-refractivity contribution in [2.45, 2.75) is 13.1 Å². The summed E-state index contributed by atoms with van der Waals surface area (Å²) >= 11 is 0. The molecule has 0 heterocycles. The molecule has 0 aliphatic heterocycles. The summed E-state index contributed by atoms with van der Waals surface area (Å²) in [6.45, 7) is 0.626. The molecule has 4 N–H and O–H groups in total. The molecule has 1 radical (unpaired) electrons. The molecule has 3 heteroatoms. The standard InChI is InChI=1S/C14H14FN2/c15-13-7-3-5-11(9-17)14(13)12-6-2-1-4-10(12)8-16/h1-3,5-7H,8-9,16-17H2. The number of rotatable bonds is 3. The summed E-state index contributed by atoms with van der Waals surface area (Å²) in [6.07, 6.45) is 0. The SMILES string of the molecule is NCc1[c]cccc1-c1c(F)cccc1CN. The highest BCUT2D eigenvalue weighted by Gasteiger charge is 2.12. The highest BCUT2D eigenvalue weighted by atomic mass is 19.1. The fourth-order valence-electron chi connectivity index (χ4n) is 1.92. The zero-order valence-electron chi connectivity index (χ0n) is 9.41. The fraction of sp³-hybridized carbons (Fsp3) is 0.143. The van der Waals surface area contributed by atoms with Gasteiger partial charge in [-0.2, -0.15) is 0 Å². The van der Waals surface area contributed by atoms with Crippen LogP contribution in [-0.4, -0.2) is 0 Å². The van der Waals surface area contributed by atoms with Crippen LogP contribution in [0, 0.1) is 11.9 Å². The molecule has 0 fully saturated rings. The van der Waals surface area contributed by atoms with Crippen LogP contribution in [0.1, 0.15) is 11.1 Å². The van der Waals surface area contributed by atoms with Crippen LogP contribution >= 0.6 is 0 Å². The predicted octanol–water partition coefficient (Wildman–Crippen LogP) is 2.21. The molecule has 0 bridgehead atoms. The smallest absolute Gasteiger partial charge is 0.131 e. The summed E-state index contributed by atoms with van der Waals surface area (Å²) in [5, 5.41) is 0. The van der Waals surface area contributed by atoms with E-state index >= 15 is 0 Å². The van der Waals surface area contributed by atoms with Gasteiger partial charge in [-0.05, 0) is 28.8 Å². The predicted molar refractivity (Wildman–Crippen MR) is 66.5 cm³/mol. The minimum atomic E-state index is -0.276. The first kappa shape index (κ1) is 11.8. The van der Waals surface area contributed by atoms with E-state index in [1.54, 1.807) is 12.1 Å². The first-order valence-electron chi connectivity index (χ1n) is 5.45. The van der Waals surface area contributed by atoms with Crippen molar-refractivity contribution >= 4 is 0 Å². The monoisotopic (exact) mass is 229 g/mol. The van der Waals surface area contributed by atoms with Gasteiger partial charge >= 0.3 is 0 Å². The second-order valence-corrected chi connectivity index (χ2v) is 3.74. The number of hydrogen-bond donors (Lipinski definition) is 2. The Morgan fingerprint density at radius 1 is 1.06 bits per heavy atom. The number of halogens is 1. The third kappa shape index (κ3) is 2.20. The molecule has 2 nitrogen and oxygen atoms in total. The van der Waals surface area contributed by atoms with Gasteiger partial charge in [-0.3, -0.25) is 0 Å². The lowest BCUT2D eigenvalue weighted by Gasteiger charge is -2.12. The lowest BCUT2D eigenvalue weighted by Crippen LogP contribution is -2.04. The lowest BCUT2D eigenvalue weighted by atomic mass is 9.95. The van der Waals surface area contributed by atoms with Crippen LogP contribution in [0.25, 0.3) is 11.1 Å². The van der Waals surface area contributed by atoms with Gasteiger partial charge in [0.05, 0.1) is 0 Å². The molecule has 0 spiro atoms. The molecule has 0 saturated heterocycles. The molecule has 0 aliphatic rings. The summed E-state index contributed by atoms with van der Waals surface area (Å²) in [5.41, 5.74) is 14.2. The van der Waals surface area contributed by atoms with E-state index < -0.39 is 0 Å². The maximum atomic E-state index is 13.9. The molecule has 87 valence electrons. The molecule has 0 atom stereocenters. The first-order valence-corrected chi connectivity index (χ1v) is 5.45. The summed E-state index contributed by atoms with van der Waals surface area (Å²) in [7, 11) is 0. The molecule has 0 unspecified atom stereocenters. The average molecular weight is 229 g/mol. The van der Waals surface area contributed by atoms with Gasteiger partial charge in [0.2, 0.25) is 0 Å². The second kappa shape index (κ2) is 5.08. The summed E-state index contributed by atoms with van der Waals surface area (Å²) < 4.78 is 13.9. The van der Waals surface area contributed by atoms with Crippen LogP contribution in [-0.2, 0) is 13.1 Å². The van der Waals surface area contributed by atoms with Crippen LogP contribution in [0.5, 0.6) is 0 Å². The highest BCUT2D eigenvalue weighted by molar-refractivity contribution is 5.71. The minimum absolute atomic E-state index is 0.276. The number of hydrogen-bond acceptors (Lipinski definition) is 2. The van der Waals surface area contributed by atoms with Gasteiger partial charge in [-0.15, -0.1) is 0 Å². The molecule has 0 aliphatic carbocycles. The van der Waals surface area contributed by atoms with Crippen molar-refractivity contribution in [2.75, 3.05) is 0 Å². The Kier molecular flexibility index (Phi) is 3.52. The van der Waals surface area contributed by atoms with E-state index in [1.165, 1.54) is 6.07 Å². The fourth-order valence-corrected chi connectivity index (χ4v) is 1.92. The molecule has 17 heavy (non-hydrogen) atoms. The van der Waals surface area contributed by atoms with Crippen molar-refractivity contribution in [3.05, 3.63) is 59.4 Å². The number of benzene rings is 2. The minimum Gasteiger partial charge on any atom is -0.326 e. The van der Waals surface area contributed by atoms with Crippen molar-refractivity contribution in [2.24, 2.45) is 11.5 Å². The maximum Gasteiger partial charge on any atom is 0.131 e. The van der Waals surface area contributed by atoms with Crippen LogP contribution in [0.15, 0.2) is 36.4 Å². The van der Waals surface area contributed by atoms with Crippen LogP contribution in [0.3, 0.4) is 0 Å². The van der Waals surface area contributed by atoms with Crippen molar-refractivity contribution in [3.8, 4) is 11.1 Å². The van der Waals surface area contributed by atoms with Gasteiger partial charge in [0.1, 0.15) is 5.82 Å². The Labute approximate surface area is 100 Å². The Hall–Kier alpha value is -1.71. The molecular weight excluding hydrogens is 215 g/mol. The summed E-state index contributed by atoms with van der Waals surface area (Å²) in [4.78, 5) is 0. The number of nitrogens with two attached hydrogens (primary N) is 2. The van der Waals surface area contributed by atoms with E-state index in [9.17, 15) is 4.39 Å². The lowest BCUT2D eigenvalue weighted by molar-refractivity contribution is 0.629. The molecule has 0 aromatic heterocycles. The average Bonchev–Trinajstić information content (AvgIpc) is 2.38. The highest BCUT2D eigenvalue weighted by Crippen LogP contribution is 2.29. The van der Waals surface area contributed by atoms with E-state index in [0.717, 1.165) is 16.7 Å². The van der Waals surface area contributed by atoms with Crippen molar-refractivity contribution in [1.29, 1.82) is 0 Å². The normalized spacial score (nSPS) is 10.5. The van der Waals surface area contributed by atoms with Gasteiger partial charge < -0.3 is 11.5 Å². The molecule has 2 rings (SSSR count). The Bertz CT molecular complexity index is 523. The van der Waals surface area contributed by atoms with Crippen molar-refractivity contribution < 1.29 is 4.39 Å². The first-order chi connectivity index (χ1) is 8.27. The van der Waals surface area contributed by atoms with Crippen molar-refractivity contribution in [1.82, 2.24) is 0 Å². The molecule has 2 aromatic carbocycles. The van der Waals surface area contributed by atoms with E-state index in [4.69, 9.17) is 11.5 Å².